The number of fused-ring (bicyclic) bond motifs is 3. The minimum atomic E-state index is 0. The Morgan fingerprint density at radius 3 is 2.49 bits per heavy atom. The van der Waals surface area contributed by atoms with Gasteiger partial charge in [0, 0.05) is 31.5 Å². The molecule has 1 aliphatic heterocycles. The summed E-state index contributed by atoms with van der Waals surface area (Å²) in [6.45, 7) is 2.03. The number of anilines is 4. The van der Waals surface area contributed by atoms with Gasteiger partial charge in [-0.25, -0.2) is 0 Å². The molecule has 0 spiro atoms. The van der Waals surface area contributed by atoms with Crippen molar-refractivity contribution in [1.29, 1.82) is 0 Å². The van der Waals surface area contributed by atoms with Gasteiger partial charge in [-0.3, -0.25) is 4.98 Å². The van der Waals surface area contributed by atoms with Crippen LogP contribution in [0.5, 0.6) is 0 Å². The predicted molar refractivity (Wildman–Crippen MR) is 159 cm³/mol. The molecular formula is C33H23N4PtS-3. The molecule has 0 radical (unpaired) electrons. The van der Waals surface area contributed by atoms with E-state index in [1.165, 1.54) is 20.2 Å². The summed E-state index contributed by atoms with van der Waals surface area (Å²) in [6, 6.07) is 42.5. The Hall–Kier alpha value is -3.92. The molecule has 1 aliphatic rings. The molecule has 194 valence electrons. The van der Waals surface area contributed by atoms with Gasteiger partial charge in [0.05, 0.1) is 0 Å². The molecule has 0 saturated carbocycles. The standard InChI is InChI=1S/C33H23N4S.Pt/c1-35-20-21-36(23-35)25-12-7-13-26(22-25)37(24-10-3-2-4-11-24)32-19-9-17-30(34-32)29-16-8-15-28-27-14-5-6-18-31(27)38-33(28)29;/h2-15,17-21,23H,1H3;/q-3;. The van der Waals surface area contributed by atoms with Crippen LogP contribution >= 0.6 is 11.3 Å². The predicted octanol–water partition coefficient (Wildman–Crippen LogP) is 8.53. The quantitative estimate of drug-likeness (QED) is 0.168. The average Bonchev–Trinajstić information content (AvgIpc) is 3.58. The van der Waals surface area contributed by atoms with E-state index in [1.807, 2.05) is 55.3 Å². The van der Waals surface area contributed by atoms with E-state index >= 15 is 0 Å². The van der Waals surface area contributed by atoms with E-state index in [0.29, 0.717) is 0 Å². The van der Waals surface area contributed by atoms with Crippen LogP contribution < -0.4 is 9.80 Å². The van der Waals surface area contributed by atoms with Crippen LogP contribution in [0, 0.1) is 18.8 Å². The maximum absolute atomic E-state index is 5.19. The number of thiophene rings is 1. The molecule has 0 aliphatic carbocycles. The number of hydrogen-bond acceptors (Lipinski definition) is 5. The Kier molecular flexibility index (Phi) is 6.95. The number of aromatic nitrogens is 1. The van der Waals surface area contributed by atoms with Gasteiger partial charge in [-0.2, -0.15) is 24.1 Å². The second-order valence-electron chi connectivity index (χ2n) is 9.15. The smallest absolute Gasteiger partial charge is 0.126 e. The largest absolute Gasteiger partial charge is 0.510 e. The first-order valence-corrected chi connectivity index (χ1v) is 13.3. The SMILES string of the molecule is CN1C=CN(c2[c-]c(N(c3ccccc3)c3cccc(-c4[c-]ccc5c4sc4ccccc45)n3)ccc2)[CH-]1.[Pt]. The molecule has 4 aromatic carbocycles. The molecule has 0 fully saturated rings. The van der Waals surface area contributed by atoms with Gasteiger partial charge in [0.15, 0.2) is 0 Å². The van der Waals surface area contributed by atoms with E-state index in [1.54, 1.807) is 11.3 Å². The van der Waals surface area contributed by atoms with Gasteiger partial charge < -0.3 is 14.7 Å². The van der Waals surface area contributed by atoms with E-state index in [9.17, 15) is 0 Å². The molecule has 0 amide bonds. The van der Waals surface area contributed by atoms with Crippen LogP contribution in [0.3, 0.4) is 0 Å². The Morgan fingerprint density at radius 2 is 1.64 bits per heavy atom. The molecule has 0 saturated heterocycles. The third-order valence-electron chi connectivity index (χ3n) is 6.62. The molecule has 7 rings (SSSR count). The van der Waals surface area contributed by atoms with Crippen molar-refractivity contribution in [3.05, 3.63) is 134 Å². The van der Waals surface area contributed by atoms with Crippen molar-refractivity contribution >= 4 is 54.4 Å². The fraction of sp³-hybridized carbons (Fsp3) is 0.0303. The first kappa shape index (κ1) is 25.4. The molecule has 6 aromatic rings. The van der Waals surface area contributed by atoms with Crippen molar-refractivity contribution in [3.8, 4) is 11.3 Å². The van der Waals surface area contributed by atoms with E-state index in [0.717, 1.165) is 34.1 Å². The van der Waals surface area contributed by atoms with Crippen molar-refractivity contribution in [3.63, 3.8) is 0 Å². The molecule has 0 bridgehead atoms. The normalized spacial score (nSPS) is 12.7. The zero-order valence-electron chi connectivity index (χ0n) is 21.1. The Morgan fingerprint density at radius 1 is 0.821 bits per heavy atom. The Bertz CT molecular complexity index is 1800. The van der Waals surface area contributed by atoms with Crippen molar-refractivity contribution in [2.45, 2.75) is 0 Å². The Balaban J connectivity index is 0.00000277. The first-order valence-electron chi connectivity index (χ1n) is 12.4. The Labute approximate surface area is 246 Å². The van der Waals surface area contributed by atoms with Crippen LogP contribution in [-0.2, 0) is 21.1 Å². The van der Waals surface area contributed by atoms with Gasteiger partial charge >= 0.3 is 0 Å². The van der Waals surface area contributed by atoms with Crippen LogP contribution in [-0.4, -0.2) is 16.9 Å². The van der Waals surface area contributed by atoms with Gasteiger partial charge in [-0.05, 0) is 59.5 Å². The second kappa shape index (κ2) is 10.7. The van der Waals surface area contributed by atoms with Crippen molar-refractivity contribution in [2.75, 3.05) is 16.8 Å². The molecule has 6 heteroatoms. The van der Waals surface area contributed by atoms with Crippen molar-refractivity contribution < 1.29 is 21.1 Å². The molecule has 0 atom stereocenters. The fourth-order valence-corrected chi connectivity index (χ4v) is 6.07. The molecule has 3 heterocycles. The van der Waals surface area contributed by atoms with E-state index in [2.05, 4.69) is 101 Å². The summed E-state index contributed by atoms with van der Waals surface area (Å²) in [5.41, 5.74) is 4.82. The van der Waals surface area contributed by atoms with Gasteiger partial charge in [-0.1, -0.05) is 59.6 Å². The summed E-state index contributed by atoms with van der Waals surface area (Å²) in [5, 5.41) is 2.52. The average molecular weight is 703 g/mol. The molecule has 0 N–H and O–H groups in total. The number of rotatable bonds is 5. The van der Waals surface area contributed by atoms with Crippen LogP contribution in [0.1, 0.15) is 0 Å². The second-order valence-corrected chi connectivity index (χ2v) is 10.2. The van der Waals surface area contributed by atoms with Crippen LogP contribution in [0.15, 0.2) is 116 Å². The van der Waals surface area contributed by atoms with Crippen LogP contribution in [0.4, 0.5) is 22.9 Å². The van der Waals surface area contributed by atoms with Crippen LogP contribution in [0.25, 0.3) is 31.4 Å². The van der Waals surface area contributed by atoms with E-state index < -0.39 is 0 Å². The van der Waals surface area contributed by atoms with Gasteiger partial charge in [-0.15, -0.1) is 47.6 Å². The summed E-state index contributed by atoms with van der Waals surface area (Å²) in [6.07, 6.45) is 4.05. The van der Waals surface area contributed by atoms with Crippen molar-refractivity contribution in [1.82, 2.24) is 9.88 Å². The van der Waals surface area contributed by atoms with Gasteiger partial charge in [0.25, 0.3) is 0 Å². The number of pyridine rings is 1. The summed E-state index contributed by atoms with van der Waals surface area (Å²) < 4.78 is 2.48. The molecular weight excluding hydrogens is 680 g/mol. The molecule has 2 aromatic heterocycles. The summed E-state index contributed by atoms with van der Waals surface area (Å²) in [4.78, 5) is 11.4. The fourth-order valence-electron chi connectivity index (χ4n) is 4.86. The molecule has 39 heavy (non-hydrogen) atoms. The zero-order chi connectivity index (χ0) is 25.5. The number of benzene rings is 4. The number of hydrogen-bond donors (Lipinski definition) is 0. The maximum atomic E-state index is 5.19. The summed E-state index contributed by atoms with van der Waals surface area (Å²) in [5.74, 6) is 0.826. The van der Waals surface area contributed by atoms with Crippen molar-refractivity contribution in [2.24, 2.45) is 0 Å². The monoisotopic (exact) mass is 702 g/mol. The van der Waals surface area contributed by atoms with Gasteiger partial charge in [0.2, 0.25) is 0 Å². The third kappa shape index (κ3) is 4.73. The number of para-hydroxylation sites is 1. The summed E-state index contributed by atoms with van der Waals surface area (Å²) in [7, 11) is 2.01. The van der Waals surface area contributed by atoms with Crippen LogP contribution in [0.2, 0.25) is 0 Å². The molecule has 0 unspecified atom stereocenters. The summed E-state index contributed by atoms with van der Waals surface area (Å²) >= 11 is 1.80. The topological polar surface area (TPSA) is 22.6 Å². The van der Waals surface area contributed by atoms with E-state index in [-0.39, 0.29) is 21.1 Å². The van der Waals surface area contributed by atoms with Gasteiger partial charge in [0.1, 0.15) is 5.82 Å². The molecule has 4 nitrogen and oxygen atoms in total. The maximum Gasteiger partial charge on any atom is 0.126 e. The minimum absolute atomic E-state index is 0. The number of nitrogens with zero attached hydrogens (tertiary/aromatic N) is 4. The first-order chi connectivity index (χ1) is 18.7. The zero-order valence-corrected chi connectivity index (χ0v) is 24.1. The minimum Gasteiger partial charge on any atom is -0.510 e. The third-order valence-corrected chi connectivity index (χ3v) is 7.83. The van der Waals surface area contributed by atoms with E-state index in [4.69, 9.17) is 4.98 Å².